The summed E-state index contributed by atoms with van der Waals surface area (Å²) in [7, 11) is -1.52. The van der Waals surface area contributed by atoms with Crippen LogP contribution in [0, 0.1) is 0 Å². The number of hydrogen-bond acceptors (Lipinski definition) is 6. The molecule has 0 aliphatic rings. The minimum atomic E-state index is -3.26. The summed E-state index contributed by atoms with van der Waals surface area (Å²) in [5.41, 5.74) is 0. The van der Waals surface area contributed by atoms with Gasteiger partial charge in [-0.3, -0.25) is 0 Å². The van der Waals surface area contributed by atoms with Gasteiger partial charge in [0.15, 0.2) is 9.84 Å². The summed E-state index contributed by atoms with van der Waals surface area (Å²) in [6.07, 6.45) is 2.51. The van der Waals surface area contributed by atoms with Gasteiger partial charge in [0.05, 0.1) is 4.90 Å². The lowest BCUT2D eigenvalue weighted by Gasteiger charge is -2.07. The first kappa shape index (κ1) is 13.3. The van der Waals surface area contributed by atoms with Gasteiger partial charge >= 0.3 is 0 Å². The Labute approximate surface area is 111 Å². The Kier molecular flexibility index (Phi) is 3.66. The minimum absolute atomic E-state index is 0.202. The third-order valence-electron chi connectivity index (χ3n) is 2.35. The van der Waals surface area contributed by atoms with E-state index in [1.807, 2.05) is 0 Å². The first-order chi connectivity index (χ1) is 8.99. The number of hydrogen-bond donors (Lipinski definition) is 1. The monoisotopic (exact) mass is 279 g/mol. The van der Waals surface area contributed by atoms with Gasteiger partial charge in [-0.15, -0.1) is 0 Å². The fraction of sp³-hybridized carbons (Fsp3) is 0.167. The van der Waals surface area contributed by atoms with Gasteiger partial charge in [0, 0.05) is 19.4 Å². The van der Waals surface area contributed by atoms with Gasteiger partial charge in [-0.25, -0.2) is 18.4 Å². The van der Waals surface area contributed by atoms with Gasteiger partial charge in [-0.1, -0.05) is 6.07 Å². The van der Waals surface area contributed by atoms with E-state index in [-0.39, 0.29) is 4.90 Å². The molecule has 0 atom stereocenters. The molecular weight excluding hydrogens is 266 g/mol. The summed E-state index contributed by atoms with van der Waals surface area (Å²) in [6.45, 7) is 0. The molecule has 1 aromatic carbocycles. The molecule has 0 amide bonds. The van der Waals surface area contributed by atoms with Crippen LogP contribution in [0.15, 0.2) is 41.6 Å². The van der Waals surface area contributed by atoms with Crippen molar-refractivity contribution < 1.29 is 13.2 Å². The van der Waals surface area contributed by atoms with Crippen LogP contribution in [0.25, 0.3) is 0 Å². The third-order valence-corrected chi connectivity index (χ3v) is 3.46. The van der Waals surface area contributed by atoms with Crippen LogP contribution in [0.3, 0.4) is 0 Å². The van der Waals surface area contributed by atoms with E-state index in [1.165, 1.54) is 18.5 Å². The van der Waals surface area contributed by atoms with Crippen LogP contribution < -0.4 is 10.1 Å². The third kappa shape index (κ3) is 3.41. The molecule has 0 aliphatic carbocycles. The van der Waals surface area contributed by atoms with Crippen molar-refractivity contribution in [1.29, 1.82) is 0 Å². The molecule has 0 aliphatic heterocycles. The fourth-order valence-corrected chi connectivity index (χ4v) is 2.08. The molecule has 0 radical (unpaired) electrons. The molecule has 100 valence electrons. The van der Waals surface area contributed by atoms with Crippen LogP contribution in [0.2, 0.25) is 0 Å². The minimum Gasteiger partial charge on any atom is -0.439 e. The highest BCUT2D eigenvalue weighted by Gasteiger charge is 2.08. The van der Waals surface area contributed by atoms with E-state index < -0.39 is 9.84 Å². The molecule has 1 aromatic heterocycles. The molecule has 0 spiro atoms. The highest BCUT2D eigenvalue weighted by molar-refractivity contribution is 7.90. The summed E-state index contributed by atoms with van der Waals surface area (Å²) >= 11 is 0. The first-order valence-corrected chi connectivity index (χ1v) is 7.36. The van der Waals surface area contributed by atoms with Crippen molar-refractivity contribution in [2.45, 2.75) is 4.90 Å². The van der Waals surface area contributed by atoms with E-state index in [0.29, 0.717) is 17.4 Å². The number of rotatable bonds is 4. The van der Waals surface area contributed by atoms with Crippen LogP contribution >= 0.6 is 0 Å². The van der Waals surface area contributed by atoms with E-state index in [4.69, 9.17) is 4.74 Å². The molecule has 6 nitrogen and oxygen atoms in total. The summed E-state index contributed by atoms with van der Waals surface area (Å²) in [6, 6.07) is 7.87. The summed E-state index contributed by atoms with van der Waals surface area (Å²) in [4.78, 5) is 8.11. The number of nitrogens with zero attached hydrogens (tertiary/aromatic N) is 2. The number of benzene rings is 1. The maximum atomic E-state index is 11.4. The van der Waals surface area contributed by atoms with Crippen LogP contribution in [-0.2, 0) is 9.84 Å². The van der Waals surface area contributed by atoms with Gasteiger partial charge in [0.2, 0.25) is 5.88 Å². The molecule has 1 heterocycles. The normalized spacial score (nSPS) is 11.1. The number of aromatic nitrogens is 2. The average Bonchev–Trinajstić information content (AvgIpc) is 2.38. The fourth-order valence-electron chi connectivity index (χ4n) is 1.42. The topological polar surface area (TPSA) is 81.2 Å². The molecule has 0 saturated carbocycles. The number of ether oxygens (including phenoxy) is 1. The molecule has 0 fully saturated rings. The van der Waals surface area contributed by atoms with Gasteiger partial charge < -0.3 is 10.1 Å². The quantitative estimate of drug-likeness (QED) is 0.917. The van der Waals surface area contributed by atoms with E-state index in [9.17, 15) is 8.42 Å². The zero-order chi connectivity index (χ0) is 13.9. The highest BCUT2D eigenvalue weighted by atomic mass is 32.2. The lowest BCUT2D eigenvalue weighted by atomic mass is 10.3. The Morgan fingerprint density at radius 2 is 2.00 bits per heavy atom. The highest BCUT2D eigenvalue weighted by Crippen LogP contribution is 2.23. The second-order valence-electron chi connectivity index (χ2n) is 3.84. The van der Waals surface area contributed by atoms with Crippen molar-refractivity contribution in [3.63, 3.8) is 0 Å². The predicted molar refractivity (Wildman–Crippen MR) is 71.2 cm³/mol. The summed E-state index contributed by atoms with van der Waals surface area (Å²) < 4.78 is 28.4. The van der Waals surface area contributed by atoms with Gasteiger partial charge in [-0.2, -0.15) is 0 Å². The average molecular weight is 279 g/mol. The maximum Gasteiger partial charge on any atom is 0.224 e. The van der Waals surface area contributed by atoms with Crippen molar-refractivity contribution >= 4 is 15.7 Å². The predicted octanol–water partition coefficient (Wildman–Crippen LogP) is 1.71. The zero-order valence-electron chi connectivity index (χ0n) is 10.5. The lowest BCUT2D eigenvalue weighted by Crippen LogP contribution is -1.98. The number of anilines is 1. The van der Waals surface area contributed by atoms with Crippen molar-refractivity contribution in [2.24, 2.45) is 0 Å². The van der Waals surface area contributed by atoms with E-state index in [2.05, 4.69) is 15.3 Å². The lowest BCUT2D eigenvalue weighted by molar-refractivity contribution is 0.460. The smallest absolute Gasteiger partial charge is 0.224 e. The Balaban J connectivity index is 2.28. The summed E-state index contributed by atoms with van der Waals surface area (Å²) in [5.74, 6) is 1.36. The molecule has 0 unspecified atom stereocenters. The van der Waals surface area contributed by atoms with Crippen LogP contribution in [0.4, 0.5) is 5.82 Å². The molecule has 2 aromatic rings. The molecule has 2 rings (SSSR count). The standard InChI is InChI=1S/C12H13N3O3S/c1-13-11-7-12(15-8-14-11)18-9-4-3-5-10(6-9)19(2,16)17/h3-8H,1-2H3,(H,13,14,15). The van der Waals surface area contributed by atoms with Crippen LogP contribution in [0.1, 0.15) is 0 Å². The zero-order valence-corrected chi connectivity index (χ0v) is 11.3. The molecule has 1 N–H and O–H groups in total. The molecule has 7 heteroatoms. The van der Waals surface area contributed by atoms with E-state index in [1.54, 1.807) is 25.2 Å². The van der Waals surface area contributed by atoms with Crippen LogP contribution in [0.5, 0.6) is 11.6 Å². The number of nitrogens with one attached hydrogen (secondary N) is 1. The first-order valence-electron chi connectivity index (χ1n) is 5.47. The van der Waals surface area contributed by atoms with E-state index >= 15 is 0 Å². The number of sulfone groups is 1. The SMILES string of the molecule is CNc1cc(Oc2cccc(S(C)(=O)=O)c2)ncn1. The van der Waals surface area contributed by atoms with Gasteiger partial charge in [0.25, 0.3) is 0 Å². The van der Waals surface area contributed by atoms with Gasteiger partial charge in [-0.05, 0) is 18.2 Å². The maximum absolute atomic E-state index is 11.4. The largest absolute Gasteiger partial charge is 0.439 e. The molecule has 0 saturated heterocycles. The molecular formula is C12H13N3O3S. The van der Waals surface area contributed by atoms with E-state index in [0.717, 1.165) is 6.26 Å². The van der Waals surface area contributed by atoms with Crippen molar-refractivity contribution in [3.8, 4) is 11.6 Å². The Bertz CT molecular complexity index is 686. The summed E-state index contributed by atoms with van der Waals surface area (Å²) in [5, 5.41) is 2.86. The Hall–Kier alpha value is -2.15. The van der Waals surface area contributed by atoms with Crippen LogP contribution in [-0.4, -0.2) is 31.7 Å². The molecule has 0 bridgehead atoms. The second kappa shape index (κ2) is 5.23. The second-order valence-corrected chi connectivity index (χ2v) is 5.86. The van der Waals surface area contributed by atoms with Gasteiger partial charge in [0.1, 0.15) is 17.9 Å². The van der Waals surface area contributed by atoms with Crippen molar-refractivity contribution in [1.82, 2.24) is 9.97 Å². The Morgan fingerprint density at radius 3 is 2.68 bits per heavy atom. The van der Waals surface area contributed by atoms with Crippen molar-refractivity contribution in [2.75, 3.05) is 18.6 Å². The Morgan fingerprint density at radius 1 is 1.21 bits per heavy atom. The molecule has 19 heavy (non-hydrogen) atoms. The van der Waals surface area contributed by atoms with Crippen molar-refractivity contribution in [3.05, 3.63) is 36.7 Å².